The third kappa shape index (κ3) is 4.09. The molecule has 0 aliphatic heterocycles. The average molecular weight is 359 g/mol. The smallest absolute Gasteiger partial charge is 0.255 e. The fourth-order valence-electron chi connectivity index (χ4n) is 3.12. The lowest BCUT2D eigenvalue weighted by Crippen LogP contribution is -2.28. The molecule has 0 unspecified atom stereocenters. The highest BCUT2D eigenvalue weighted by molar-refractivity contribution is 6.34. The van der Waals surface area contributed by atoms with Crippen molar-refractivity contribution in [1.82, 2.24) is 5.32 Å². The Morgan fingerprint density at radius 3 is 2.27 bits per heavy atom. The lowest BCUT2D eigenvalue weighted by atomic mass is 9.96. The Morgan fingerprint density at radius 2 is 1.73 bits per heavy atom. The molecule has 1 aliphatic carbocycles. The van der Waals surface area contributed by atoms with Gasteiger partial charge in [-0.2, -0.15) is 0 Å². The van der Waals surface area contributed by atoms with Gasteiger partial charge in [-0.05, 0) is 48.4 Å². The van der Waals surface area contributed by atoms with Crippen molar-refractivity contribution in [3.05, 3.63) is 28.8 Å². The summed E-state index contributed by atoms with van der Waals surface area (Å²) in [6.45, 7) is 6.91. The lowest BCUT2D eigenvalue weighted by molar-refractivity contribution is -0.117. The molecule has 1 N–H and O–H groups in total. The molecule has 0 fully saturated rings. The second kappa shape index (κ2) is 8.88. The van der Waals surface area contributed by atoms with Crippen molar-refractivity contribution in [2.45, 2.75) is 46.5 Å². The molecule has 5 nitrogen and oxygen atoms in total. The number of amides is 1. The number of carbonyl (C=O) groups excluding carboxylic acids is 2. The normalized spacial score (nSPS) is 13.2. The van der Waals surface area contributed by atoms with Gasteiger partial charge in [-0.25, -0.2) is 0 Å². The van der Waals surface area contributed by atoms with Gasteiger partial charge in [0.1, 0.15) is 0 Å². The molecule has 1 aliphatic rings. The van der Waals surface area contributed by atoms with Gasteiger partial charge in [-0.15, -0.1) is 0 Å². The van der Waals surface area contributed by atoms with Crippen LogP contribution in [0.25, 0.3) is 5.57 Å². The van der Waals surface area contributed by atoms with E-state index in [9.17, 15) is 9.59 Å². The van der Waals surface area contributed by atoms with E-state index in [4.69, 9.17) is 9.47 Å². The van der Waals surface area contributed by atoms with E-state index < -0.39 is 0 Å². The molecule has 0 saturated carbocycles. The van der Waals surface area contributed by atoms with Crippen molar-refractivity contribution in [1.29, 1.82) is 0 Å². The van der Waals surface area contributed by atoms with E-state index >= 15 is 0 Å². The standard InChI is InChI=1S/C21H29NO4/c1-6-7-10-22-21(24)19-14(9-8-13(2)3)15-11-17(25-4)18(26-5)12-16(15)20(19)23/h11-13H,6-10H2,1-5H3,(H,22,24). The topological polar surface area (TPSA) is 64.6 Å². The number of ether oxygens (including phenoxy) is 2. The van der Waals surface area contributed by atoms with Gasteiger partial charge in [-0.3, -0.25) is 9.59 Å². The van der Waals surface area contributed by atoms with E-state index in [1.165, 1.54) is 7.11 Å². The Kier molecular flexibility index (Phi) is 6.83. The molecule has 142 valence electrons. The van der Waals surface area contributed by atoms with Gasteiger partial charge in [0.15, 0.2) is 17.3 Å². The number of nitrogens with one attached hydrogen (secondary N) is 1. The zero-order chi connectivity index (χ0) is 19.3. The molecular weight excluding hydrogens is 330 g/mol. The van der Waals surface area contributed by atoms with Crippen LogP contribution in [0.2, 0.25) is 0 Å². The van der Waals surface area contributed by atoms with Crippen molar-refractivity contribution >= 4 is 17.3 Å². The van der Waals surface area contributed by atoms with Crippen molar-refractivity contribution in [3.8, 4) is 11.5 Å². The van der Waals surface area contributed by atoms with Crippen LogP contribution < -0.4 is 14.8 Å². The van der Waals surface area contributed by atoms with Crippen LogP contribution in [0.4, 0.5) is 0 Å². The molecule has 0 bridgehead atoms. The van der Waals surface area contributed by atoms with Gasteiger partial charge in [0, 0.05) is 12.1 Å². The molecule has 0 atom stereocenters. The number of unbranched alkanes of at least 4 members (excludes halogenated alkanes) is 1. The number of fused-ring (bicyclic) bond motifs is 1. The SMILES string of the molecule is CCCCNC(=O)C1=C(CCC(C)C)c2cc(OC)c(OC)cc2C1=O. The maximum absolute atomic E-state index is 13.0. The van der Waals surface area contributed by atoms with Crippen LogP contribution in [0.3, 0.4) is 0 Å². The van der Waals surface area contributed by atoms with E-state index in [1.54, 1.807) is 13.2 Å². The Morgan fingerprint density at radius 1 is 1.12 bits per heavy atom. The number of methoxy groups -OCH3 is 2. The maximum atomic E-state index is 13.0. The number of carbonyl (C=O) groups is 2. The molecule has 0 spiro atoms. The maximum Gasteiger partial charge on any atom is 0.255 e. The minimum Gasteiger partial charge on any atom is -0.493 e. The van der Waals surface area contributed by atoms with Crippen molar-refractivity contribution < 1.29 is 19.1 Å². The van der Waals surface area contributed by atoms with Crippen LogP contribution in [-0.4, -0.2) is 32.5 Å². The van der Waals surface area contributed by atoms with E-state index in [0.717, 1.165) is 30.4 Å². The van der Waals surface area contributed by atoms with Crippen LogP contribution in [-0.2, 0) is 4.79 Å². The molecule has 1 aromatic rings. The monoisotopic (exact) mass is 359 g/mol. The summed E-state index contributed by atoms with van der Waals surface area (Å²) in [7, 11) is 3.10. The fourth-order valence-corrected chi connectivity index (χ4v) is 3.12. The Bertz CT molecular complexity index is 719. The summed E-state index contributed by atoms with van der Waals surface area (Å²) in [5, 5.41) is 2.89. The van der Waals surface area contributed by atoms with Gasteiger partial charge >= 0.3 is 0 Å². The van der Waals surface area contributed by atoms with E-state index in [-0.39, 0.29) is 17.3 Å². The number of hydrogen-bond donors (Lipinski definition) is 1. The number of hydrogen-bond acceptors (Lipinski definition) is 4. The second-order valence-electron chi connectivity index (χ2n) is 6.98. The highest BCUT2D eigenvalue weighted by Crippen LogP contribution is 2.42. The average Bonchev–Trinajstić information content (AvgIpc) is 2.90. The minimum absolute atomic E-state index is 0.228. The number of rotatable bonds is 9. The van der Waals surface area contributed by atoms with Crippen LogP contribution in [0.5, 0.6) is 11.5 Å². The van der Waals surface area contributed by atoms with Crippen molar-refractivity contribution in [2.75, 3.05) is 20.8 Å². The zero-order valence-electron chi connectivity index (χ0n) is 16.4. The largest absolute Gasteiger partial charge is 0.493 e. The highest BCUT2D eigenvalue weighted by atomic mass is 16.5. The number of allylic oxidation sites excluding steroid dienone is 1. The fraction of sp³-hybridized carbons (Fsp3) is 0.524. The van der Waals surface area contributed by atoms with Crippen LogP contribution >= 0.6 is 0 Å². The van der Waals surface area contributed by atoms with Gasteiger partial charge in [0.25, 0.3) is 5.91 Å². The first-order valence-electron chi connectivity index (χ1n) is 9.26. The second-order valence-corrected chi connectivity index (χ2v) is 6.98. The first-order valence-corrected chi connectivity index (χ1v) is 9.26. The highest BCUT2D eigenvalue weighted by Gasteiger charge is 2.35. The first-order chi connectivity index (χ1) is 12.4. The Labute approximate surface area is 155 Å². The van der Waals surface area contributed by atoms with Crippen LogP contribution in [0.15, 0.2) is 17.7 Å². The van der Waals surface area contributed by atoms with Gasteiger partial charge < -0.3 is 14.8 Å². The van der Waals surface area contributed by atoms with Crippen molar-refractivity contribution in [3.63, 3.8) is 0 Å². The van der Waals surface area contributed by atoms with Gasteiger partial charge in [0.05, 0.1) is 19.8 Å². The van der Waals surface area contributed by atoms with Crippen molar-refractivity contribution in [2.24, 2.45) is 5.92 Å². The number of ketones is 1. The molecular formula is C21H29NO4. The third-order valence-electron chi connectivity index (χ3n) is 4.64. The Balaban J connectivity index is 2.47. The Hall–Kier alpha value is -2.30. The summed E-state index contributed by atoms with van der Waals surface area (Å²) in [6.07, 6.45) is 3.47. The number of Topliss-reactive ketones (excluding diaryl/α,β-unsaturated/α-hetero) is 1. The summed E-state index contributed by atoms with van der Waals surface area (Å²) in [6, 6.07) is 3.49. The molecule has 0 heterocycles. The van der Waals surface area contributed by atoms with Crippen LogP contribution in [0.1, 0.15) is 62.4 Å². The first kappa shape index (κ1) is 20.0. The summed E-state index contributed by atoms with van der Waals surface area (Å²) in [5.41, 5.74) is 2.39. The van der Waals surface area contributed by atoms with E-state index in [2.05, 4.69) is 26.1 Å². The van der Waals surface area contributed by atoms with E-state index in [1.807, 2.05) is 6.07 Å². The summed E-state index contributed by atoms with van der Waals surface area (Å²) in [5.74, 6) is 1.03. The molecule has 2 rings (SSSR count). The molecule has 1 amide bonds. The summed E-state index contributed by atoms with van der Waals surface area (Å²) in [4.78, 5) is 25.7. The molecule has 5 heteroatoms. The van der Waals surface area contributed by atoms with Gasteiger partial charge in [0.2, 0.25) is 0 Å². The molecule has 0 aromatic heterocycles. The van der Waals surface area contributed by atoms with E-state index in [0.29, 0.717) is 35.9 Å². The molecule has 1 aromatic carbocycles. The lowest BCUT2D eigenvalue weighted by Gasteiger charge is -2.12. The molecule has 0 radical (unpaired) electrons. The number of benzene rings is 1. The molecule has 26 heavy (non-hydrogen) atoms. The predicted molar refractivity (Wildman–Crippen MR) is 103 cm³/mol. The quantitative estimate of drug-likeness (QED) is 0.534. The zero-order valence-corrected chi connectivity index (χ0v) is 16.4. The predicted octanol–water partition coefficient (Wildman–Crippen LogP) is 4.01. The minimum atomic E-state index is -0.281. The summed E-state index contributed by atoms with van der Waals surface area (Å²) >= 11 is 0. The summed E-state index contributed by atoms with van der Waals surface area (Å²) < 4.78 is 10.7. The molecule has 0 saturated heterocycles. The van der Waals surface area contributed by atoms with Gasteiger partial charge in [-0.1, -0.05) is 27.2 Å². The third-order valence-corrected chi connectivity index (χ3v) is 4.64. The van der Waals surface area contributed by atoms with Crippen LogP contribution in [0, 0.1) is 5.92 Å².